The van der Waals surface area contributed by atoms with E-state index in [1.54, 1.807) is 12.1 Å². The van der Waals surface area contributed by atoms with Gasteiger partial charge in [-0.25, -0.2) is 9.97 Å². The average molecular weight is 232 g/mol. The zero-order valence-corrected chi connectivity index (χ0v) is 9.60. The number of carbonyl (C=O) groups excluding carboxylic acids is 1. The molecule has 0 atom stereocenters. The van der Waals surface area contributed by atoms with Gasteiger partial charge in [-0.3, -0.25) is 9.89 Å². The van der Waals surface area contributed by atoms with Crippen molar-refractivity contribution in [3.63, 3.8) is 0 Å². The van der Waals surface area contributed by atoms with Crippen LogP contribution < -0.4 is 4.74 Å². The second kappa shape index (κ2) is 4.73. The van der Waals surface area contributed by atoms with Gasteiger partial charge in [0.05, 0.1) is 0 Å². The van der Waals surface area contributed by atoms with Gasteiger partial charge in [0, 0.05) is 17.8 Å². The summed E-state index contributed by atoms with van der Waals surface area (Å²) in [7, 11) is 0. The van der Waals surface area contributed by atoms with Crippen LogP contribution in [0.25, 0.3) is 0 Å². The summed E-state index contributed by atoms with van der Waals surface area (Å²) in [5.41, 5.74) is 0.561. The Labute approximate surface area is 98.1 Å². The molecule has 2 aromatic heterocycles. The lowest BCUT2D eigenvalue weighted by atomic mass is 10.2. The fourth-order valence-electron chi connectivity index (χ4n) is 1.27. The number of ketones is 1. The molecule has 0 spiro atoms. The molecule has 6 heteroatoms. The molecule has 17 heavy (non-hydrogen) atoms. The first-order valence-electron chi connectivity index (χ1n) is 5.13. The molecule has 0 aliphatic carbocycles. The van der Waals surface area contributed by atoms with Gasteiger partial charge in [-0.05, 0) is 19.9 Å². The van der Waals surface area contributed by atoms with Gasteiger partial charge in [-0.15, -0.1) is 0 Å². The zero-order chi connectivity index (χ0) is 12.3. The lowest BCUT2D eigenvalue weighted by molar-refractivity contribution is 0.101. The molecule has 88 valence electrons. The van der Waals surface area contributed by atoms with Gasteiger partial charge in [-0.1, -0.05) is 0 Å². The van der Waals surface area contributed by atoms with E-state index in [2.05, 4.69) is 20.2 Å². The zero-order valence-electron chi connectivity index (χ0n) is 9.60. The van der Waals surface area contributed by atoms with Crippen molar-refractivity contribution in [3.8, 4) is 5.88 Å². The van der Waals surface area contributed by atoms with Gasteiger partial charge in [0.1, 0.15) is 5.82 Å². The van der Waals surface area contributed by atoms with E-state index in [9.17, 15) is 4.79 Å². The van der Waals surface area contributed by atoms with Crippen molar-refractivity contribution in [2.75, 3.05) is 0 Å². The fraction of sp³-hybridized carbons (Fsp3) is 0.273. The van der Waals surface area contributed by atoms with Gasteiger partial charge in [0.15, 0.2) is 18.2 Å². The van der Waals surface area contributed by atoms with Gasteiger partial charge in [-0.2, -0.15) is 5.10 Å². The molecule has 0 radical (unpaired) electrons. The highest BCUT2D eigenvalue weighted by Gasteiger charge is 2.03. The van der Waals surface area contributed by atoms with Crippen molar-refractivity contribution in [1.82, 2.24) is 20.2 Å². The molecule has 0 aromatic carbocycles. The minimum absolute atomic E-state index is 0.0198. The summed E-state index contributed by atoms with van der Waals surface area (Å²) in [6.07, 6.45) is 1.49. The van der Waals surface area contributed by atoms with Crippen LogP contribution in [0.15, 0.2) is 18.3 Å². The Balaban J connectivity index is 1.97. The number of rotatable bonds is 4. The molecule has 0 aliphatic heterocycles. The number of hydrogen-bond acceptors (Lipinski definition) is 5. The predicted octanol–water partition coefficient (Wildman–Crippen LogP) is 1.29. The van der Waals surface area contributed by atoms with Crippen molar-refractivity contribution < 1.29 is 9.53 Å². The van der Waals surface area contributed by atoms with Crippen LogP contribution in [-0.2, 0) is 6.61 Å². The third kappa shape index (κ3) is 2.87. The Morgan fingerprint density at radius 3 is 2.82 bits per heavy atom. The second-order valence-corrected chi connectivity index (χ2v) is 3.57. The fourth-order valence-corrected chi connectivity index (χ4v) is 1.27. The van der Waals surface area contributed by atoms with E-state index in [1.165, 1.54) is 13.1 Å². The summed E-state index contributed by atoms with van der Waals surface area (Å²) in [5.74, 6) is 1.73. The molecule has 0 bridgehead atoms. The number of Topliss-reactive ketones (excluding diaryl/α,β-unsaturated/α-hetero) is 1. The summed E-state index contributed by atoms with van der Waals surface area (Å²) >= 11 is 0. The number of H-pyrrole nitrogens is 1. The number of aromatic amines is 1. The van der Waals surface area contributed by atoms with Crippen LogP contribution >= 0.6 is 0 Å². The van der Waals surface area contributed by atoms with Gasteiger partial charge in [0.2, 0.25) is 5.88 Å². The largest absolute Gasteiger partial charge is 0.469 e. The van der Waals surface area contributed by atoms with Gasteiger partial charge < -0.3 is 4.74 Å². The first-order chi connectivity index (χ1) is 8.15. The third-order valence-corrected chi connectivity index (χ3v) is 2.14. The molecule has 6 nitrogen and oxygen atoms in total. The SMILES string of the molecule is CC(=O)c1ccc(OCc2n[nH]c(C)n2)nc1. The molecule has 0 saturated carbocycles. The maximum absolute atomic E-state index is 11.0. The average Bonchev–Trinajstić information content (AvgIpc) is 2.73. The molecule has 1 N–H and O–H groups in total. The minimum Gasteiger partial charge on any atom is -0.469 e. The monoisotopic (exact) mass is 232 g/mol. The van der Waals surface area contributed by atoms with E-state index in [-0.39, 0.29) is 12.4 Å². The van der Waals surface area contributed by atoms with E-state index >= 15 is 0 Å². The number of hydrogen-bond donors (Lipinski definition) is 1. The number of aryl methyl sites for hydroxylation is 1. The van der Waals surface area contributed by atoms with Crippen LogP contribution in [-0.4, -0.2) is 25.9 Å². The van der Waals surface area contributed by atoms with E-state index in [1.807, 2.05) is 6.92 Å². The second-order valence-electron chi connectivity index (χ2n) is 3.57. The van der Waals surface area contributed by atoms with Gasteiger partial charge in [0.25, 0.3) is 0 Å². The molecule has 0 fully saturated rings. The predicted molar refractivity (Wildman–Crippen MR) is 59.7 cm³/mol. The normalized spacial score (nSPS) is 10.2. The third-order valence-electron chi connectivity index (χ3n) is 2.14. The lowest BCUT2D eigenvalue weighted by Gasteiger charge is -2.02. The van der Waals surface area contributed by atoms with Crippen molar-refractivity contribution >= 4 is 5.78 Å². The van der Waals surface area contributed by atoms with Crippen LogP contribution in [0.2, 0.25) is 0 Å². The smallest absolute Gasteiger partial charge is 0.213 e. The van der Waals surface area contributed by atoms with Crippen LogP contribution in [0.3, 0.4) is 0 Å². The molecule has 0 saturated heterocycles. The van der Waals surface area contributed by atoms with Crippen LogP contribution in [0.4, 0.5) is 0 Å². The van der Waals surface area contributed by atoms with Gasteiger partial charge >= 0.3 is 0 Å². The van der Waals surface area contributed by atoms with Crippen LogP contribution in [0, 0.1) is 6.92 Å². The first-order valence-corrected chi connectivity index (χ1v) is 5.13. The lowest BCUT2D eigenvalue weighted by Crippen LogP contribution is -2.00. The number of nitrogens with one attached hydrogen (secondary N) is 1. The minimum atomic E-state index is -0.0198. The van der Waals surface area contributed by atoms with Crippen molar-refractivity contribution in [3.05, 3.63) is 35.5 Å². The summed E-state index contributed by atoms with van der Waals surface area (Å²) < 4.78 is 5.37. The van der Waals surface area contributed by atoms with E-state index in [0.717, 1.165) is 5.82 Å². The highest BCUT2D eigenvalue weighted by atomic mass is 16.5. The molecule has 2 aromatic rings. The Hall–Kier alpha value is -2.24. The Kier molecular flexibility index (Phi) is 3.13. The maximum Gasteiger partial charge on any atom is 0.213 e. The number of pyridine rings is 1. The molecular weight excluding hydrogens is 220 g/mol. The van der Waals surface area contributed by atoms with E-state index in [0.29, 0.717) is 17.3 Å². The maximum atomic E-state index is 11.0. The molecule has 2 rings (SSSR count). The Morgan fingerprint density at radius 1 is 1.47 bits per heavy atom. The Bertz CT molecular complexity index is 519. The first kappa shape index (κ1) is 11.3. The number of aromatic nitrogens is 4. The quantitative estimate of drug-likeness (QED) is 0.803. The van der Waals surface area contributed by atoms with Crippen molar-refractivity contribution in [2.45, 2.75) is 20.5 Å². The molecule has 0 amide bonds. The number of ether oxygens (including phenoxy) is 1. The topological polar surface area (TPSA) is 80.8 Å². The van der Waals surface area contributed by atoms with Crippen LogP contribution in [0.5, 0.6) is 5.88 Å². The van der Waals surface area contributed by atoms with Crippen molar-refractivity contribution in [2.24, 2.45) is 0 Å². The Morgan fingerprint density at radius 2 is 2.29 bits per heavy atom. The molecule has 2 heterocycles. The molecular formula is C11H12N4O2. The summed E-state index contributed by atoms with van der Waals surface area (Å²) in [5, 5.41) is 6.66. The van der Waals surface area contributed by atoms with E-state index < -0.39 is 0 Å². The van der Waals surface area contributed by atoms with Crippen molar-refractivity contribution in [1.29, 1.82) is 0 Å². The highest BCUT2D eigenvalue weighted by Crippen LogP contribution is 2.09. The standard InChI is InChI=1S/C11H12N4O2/c1-7(16)9-3-4-11(12-5-9)17-6-10-13-8(2)14-15-10/h3-5H,6H2,1-2H3,(H,13,14,15). The summed E-state index contributed by atoms with van der Waals surface area (Å²) in [4.78, 5) is 19.1. The highest BCUT2D eigenvalue weighted by molar-refractivity contribution is 5.93. The number of carbonyl (C=O) groups is 1. The molecule has 0 unspecified atom stereocenters. The molecule has 0 aliphatic rings. The van der Waals surface area contributed by atoms with E-state index in [4.69, 9.17) is 4.74 Å². The summed E-state index contributed by atoms with van der Waals surface area (Å²) in [6, 6.07) is 3.32. The van der Waals surface area contributed by atoms with Crippen LogP contribution in [0.1, 0.15) is 28.9 Å². The number of nitrogens with zero attached hydrogens (tertiary/aromatic N) is 3. The summed E-state index contributed by atoms with van der Waals surface area (Å²) in [6.45, 7) is 3.56.